The maximum Gasteiger partial charge on any atom is 0.164 e. The smallest absolute Gasteiger partial charge is 0.164 e. The molecule has 316 valence electrons. The number of aromatic nitrogens is 5. The molecule has 14 rings (SSSR count). The van der Waals surface area contributed by atoms with Crippen LogP contribution in [0, 0.1) is 0 Å². The van der Waals surface area contributed by atoms with Gasteiger partial charge in [-0.25, -0.2) is 15.0 Å². The van der Waals surface area contributed by atoms with Crippen LogP contribution in [0.4, 0.5) is 0 Å². The summed E-state index contributed by atoms with van der Waals surface area (Å²) in [4.78, 5) is 15.9. The molecule has 0 unspecified atom stereocenters. The minimum Gasteiger partial charge on any atom is -0.309 e. The lowest BCUT2D eigenvalue weighted by Gasteiger charge is -2.14. The molecular formula is C63H39N5. The fourth-order valence-electron chi connectivity index (χ4n) is 10.5. The van der Waals surface area contributed by atoms with Gasteiger partial charge in [0.1, 0.15) is 0 Å². The highest BCUT2D eigenvalue weighted by molar-refractivity contribution is 6.16. The Balaban J connectivity index is 0.989. The molecule has 0 bridgehead atoms. The molecule has 0 atom stereocenters. The van der Waals surface area contributed by atoms with Crippen LogP contribution in [0.2, 0.25) is 0 Å². The molecule has 0 aliphatic rings. The standard InChI is InChI=1S/C63H39N5/c1-2-16-40(17-3-1)49-27-10-11-29-52(49)62-64-61(65-63(66-62)53-30-15-23-41-18-8-9-26-50(41)53)46-24-14-25-47(34-46)67-58-33-32-48(39-56(58)55-36-43-20-5-7-22-45(43)38-60(55)67)68-57-31-13-12-28-51(57)54-35-42-19-4-6-21-44(42)37-59(54)68/h1-39H. The van der Waals surface area contributed by atoms with Crippen molar-refractivity contribution < 1.29 is 0 Å². The normalized spacial score (nSPS) is 11.8. The van der Waals surface area contributed by atoms with E-state index < -0.39 is 0 Å². The van der Waals surface area contributed by atoms with Crippen molar-refractivity contribution in [3.63, 3.8) is 0 Å². The second-order valence-corrected chi connectivity index (χ2v) is 17.6. The van der Waals surface area contributed by atoms with Crippen molar-refractivity contribution in [3.05, 3.63) is 237 Å². The fraction of sp³-hybridized carbons (Fsp3) is 0. The van der Waals surface area contributed by atoms with Crippen molar-refractivity contribution in [3.8, 4) is 56.7 Å². The van der Waals surface area contributed by atoms with Gasteiger partial charge in [-0.15, -0.1) is 0 Å². The van der Waals surface area contributed by atoms with Crippen molar-refractivity contribution in [1.82, 2.24) is 24.1 Å². The largest absolute Gasteiger partial charge is 0.309 e. The minimum absolute atomic E-state index is 0.607. The monoisotopic (exact) mass is 865 g/mol. The molecule has 0 fully saturated rings. The highest BCUT2D eigenvalue weighted by Crippen LogP contribution is 2.41. The summed E-state index contributed by atoms with van der Waals surface area (Å²) < 4.78 is 4.84. The summed E-state index contributed by atoms with van der Waals surface area (Å²) in [5.41, 5.74) is 11.7. The van der Waals surface area contributed by atoms with E-state index in [0.29, 0.717) is 17.5 Å². The van der Waals surface area contributed by atoms with Crippen LogP contribution < -0.4 is 0 Å². The highest BCUT2D eigenvalue weighted by Gasteiger charge is 2.21. The van der Waals surface area contributed by atoms with Crippen molar-refractivity contribution in [2.45, 2.75) is 0 Å². The third-order valence-corrected chi connectivity index (χ3v) is 13.7. The van der Waals surface area contributed by atoms with E-state index in [0.717, 1.165) is 61.0 Å². The zero-order valence-corrected chi connectivity index (χ0v) is 36.8. The van der Waals surface area contributed by atoms with Crippen LogP contribution in [0.15, 0.2) is 237 Å². The molecule has 0 aliphatic heterocycles. The SMILES string of the molecule is c1ccc(-c2ccccc2-c2nc(-c3cccc(-n4c5ccc(-n6c7ccccc7c7cc8ccccc8cc76)cc5c5cc6ccccc6cc54)c3)nc(-c3cccc4ccccc34)n2)cc1. The van der Waals surface area contributed by atoms with E-state index in [2.05, 4.69) is 240 Å². The van der Waals surface area contributed by atoms with E-state index in [9.17, 15) is 0 Å². The first-order valence-corrected chi connectivity index (χ1v) is 23.1. The lowest BCUT2D eigenvalue weighted by atomic mass is 9.99. The van der Waals surface area contributed by atoms with Crippen molar-refractivity contribution in [2.24, 2.45) is 0 Å². The number of fused-ring (bicyclic) bond motifs is 9. The second kappa shape index (κ2) is 15.2. The molecule has 5 heteroatoms. The third-order valence-electron chi connectivity index (χ3n) is 13.7. The molecule has 14 aromatic rings. The van der Waals surface area contributed by atoms with Crippen LogP contribution in [0.5, 0.6) is 0 Å². The molecule has 5 nitrogen and oxygen atoms in total. The van der Waals surface area contributed by atoms with Gasteiger partial charge in [0.15, 0.2) is 17.5 Å². The molecule has 68 heavy (non-hydrogen) atoms. The molecule has 0 amide bonds. The summed E-state index contributed by atoms with van der Waals surface area (Å²) >= 11 is 0. The molecular weight excluding hydrogens is 827 g/mol. The molecule has 11 aromatic carbocycles. The average Bonchev–Trinajstić information content (AvgIpc) is 3.90. The Kier molecular flexibility index (Phi) is 8.52. The maximum atomic E-state index is 5.33. The Morgan fingerprint density at radius 2 is 0.706 bits per heavy atom. The van der Waals surface area contributed by atoms with Crippen LogP contribution in [-0.4, -0.2) is 24.1 Å². The third kappa shape index (κ3) is 6.06. The van der Waals surface area contributed by atoms with E-state index in [4.69, 9.17) is 15.0 Å². The van der Waals surface area contributed by atoms with E-state index in [-0.39, 0.29) is 0 Å². The summed E-state index contributed by atoms with van der Waals surface area (Å²) in [7, 11) is 0. The molecule has 0 spiro atoms. The number of hydrogen-bond acceptors (Lipinski definition) is 3. The van der Waals surface area contributed by atoms with Crippen LogP contribution in [-0.2, 0) is 0 Å². The van der Waals surface area contributed by atoms with Crippen LogP contribution in [0.3, 0.4) is 0 Å². The highest BCUT2D eigenvalue weighted by atomic mass is 15.0. The molecule has 0 saturated heterocycles. The van der Waals surface area contributed by atoms with Gasteiger partial charge >= 0.3 is 0 Å². The summed E-state index contributed by atoms with van der Waals surface area (Å²) in [6.07, 6.45) is 0. The first kappa shape index (κ1) is 38.1. The van der Waals surface area contributed by atoms with Gasteiger partial charge in [-0.05, 0) is 104 Å². The van der Waals surface area contributed by atoms with Crippen molar-refractivity contribution in [1.29, 1.82) is 0 Å². The minimum atomic E-state index is 0.607. The summed E-state index contributed by atoms with van der Waals surface area (Å²) in [5, 5.41) is 11.9. The quantitative estimate of drug-likeness (QED) is 0.167. The molecule has 0 radical (unpaired) electrons. The lowest BCUT2D eigenvalue weighted by Crippen LogP contribution is -2.02. The van der Waals surface area contributed by atoms with Gasteiger partial charge < -0.3 is 9.13 Å². The predicted octanol–water partition coefficient (Wildman–Crippen LogP) is 16.2. The van der Waals surface area contributed by atoms with Gasteiger partial charge in [-0.3, -0.25) is 0 Å². The topological polar surface area (TPSA) is 48.5 Å². The zero-order chi connectivity index (χ0) is 44.7. The molecule has 3 heterocycles. The average molecular weight is 866 g/mol. The number of benzene rings is 11. The van der Waals surface area contributed by atoms with Gasteiger partial charge in [0.25, 0.3) is 0 Å². The summed E-state index contributed by atoms with van der Waals surface area (Å²) in [5.74, 6) is 1.86. The Morgan fingerprint density at radius 3 is 1.44 bits per heavy atom. The maximum absolute atomic E-state index is 5.33. The number of hydrogen-bond donors (Lipinski definition) is 0. The van der Waals surface area contributed by atoms with Gasteiger partial charge in [-0.1, -0.05) is 176 Å². The van der Waals surface area contributed by atoms with Gasteiger partial charge in [0.05, 0.1) is 22.1 Å². The number of para-hydroxylation sites is 1. The van der Waals surface area contributed by atoms with E-state index in [1.54, 1.807) is 0 Å². The van der Waals surface area contributed by atoms with E-state index in [1.807, 2.05) is 6.07 Å². The van der Waals surface area contributed by atoms with Crippen LogP contribution in [0.1, 0.15) is 0 Å². The van der Waals surface area contributed by atoms with Gasteiger partial charge in [0.2, 0.25) is 0 Å². The van der Waals surface area contributed by atoms with E-state index >= 15 is 0 Å². The Bertz CT molecular complexity index is 4330. The lowest BCUT2D eigenvalue weighted by molar-refractivity contribution is 1.07. The molecule has 3 aromatic heterocycles. The Hall–Kier alpha value is -9.19. The Morgan fingerprint density at radius 1 is 0.235 bits per heavy atom. The van der Waals surface area contributed by atoms with Crippen LogP contribution in [0.25, 0.3) is 133 Å². The fourth-order valence-corrected chi connectivity index (χ4v) is 10.5. The Labute approximate surface area is 391 Å². The summed E-state index contributed by atoms with van der Waals surface area (Å²) in [6.45, 7) is 0. The number of rotatable bonds is 6. The molecule has 0 N–H and O–H groups in total. The predicted molar refractivity (Wildman–Crippen MR) is 283 cm³/mol. The summed E-state index contributed by atoms with van der Waals surface area (Å²) in [6, 6.07) is 84.7. The van der Waals surface area contributed by atoms with Gasteiger partial charge in [-0.2, -0.15) is 0 Å². The van der Waals surface area contributed by atoms with Crippen molar-refractivity contribution >= 4 is 75.9 Å². The van der Waals surface area contributed by atoms with Crippen LogP contribution >= 0.6 is 0 Å². The molecule has 0 saturated carbocycles. The molecule has 0 aliphatic carbocycles. The van der Waals surface area contributed by atoms with E-state index in [1.165, 1.54) is 54.1 Å². The first-order chi connectivity index (χ1) is 33.7. The first-order valence-electron chi connectivity index (χ1n) is 23.1. The van der Waals surface area contributed by atoms with Gasteiger partial charge in [0, 0.05) is 49.6 Å². The zero-order valence-electron chi connectivity index (χ0n) is 36.8. The second-order valence-electron chi connectivity index (χ2n) is 17.6. The number of nitrogens with zero attached hydrogens (tertiary/aromatic N) is 5. The van der Waals surface area contributed by atoms with Crippen molar-refractivity contribution in [2.75, 3.05) is 0 Å².